The minimum Gasteiger partial charge on any atom is -0.377 e. The molecule has 1 aromatic carbocycles. The maximum atomic E-state index is 5.48. The van der Waals surface area contributed by atoms with Gasteiger partial charge in [0.25, 0.3) is 0 Å². The second-order valence-electron chi connectivity index (χ2n) is 4.15. The Hall–Kier alpha value is -0.380. The molecule has 1 rings (SSSR count). The van der Waals surface area contributed by atoms with E-state index in [0.29, 0.717) is 12.1 Å². The van der Waals surface area contributed by atoms with Crippen LogP contribution < -0.4 is 5.32 Å². The Bertz CT molecular complexity index is 297. The molecule has 0 aliphatic heterocycles. The van der Waals surface area contributed by atoms with E-state index >= 15 is 0 Å². The fourth-order valence-corrected chi connectivity index (χ4v) is 1.70. The Kier molecular flexibility index (Phi) is 6.03. The summed E-state index contributed by atoms with van der Waals surface area (Å²) in [4.78, 5) is 0. The zero-order valence-corrected chi connectivity index (χ0v) is 11.8. The molecule has 0 amide bonds. The molecule has 0 radical (unpaired) electrons. The van der Waals surface area contributed by atoms with Gasteiger partial charge in [0, 0.05) is 17.1 Å². The van der Waals surface area contributed by atoms with Gasteiger partial charge < -0.3 is 10.1 Å². The van der Waals surface area contributed by atoms with Crippen LogP contribution in [0.15, 0.2) is 28.7 Å². The average molecular weight is 286 g/mol. The number of hydrogen-bond acceptors (Lipinski definition) is 2. The molecule has 16 heavy (non-hydrogen) atoms. The van der Waals surface area contributed by atoms with E-state index in [2.05, 4.69) is 66.3 Å². The zero-order valence-electron chi connectivity index (χ0n) is 10.2. The standard InChI is InChI=1S/C13H20BrNO/c1-10(2)16-9-8-15-11(3)12-4-6-13(14)7-5-12/h4-7,10-11,15H,8-9H2,1-3H3/t11-/m0/s1. The van der Waals surface area contributed by atoms with E-state index in [9.17, 15) is 0 Å². The van der Waals surface area contributed by atoms with Crippen LogP contribution in [0.2, 0.25) is 0 Å². The van der Waals surface area contributed by atoms with Crippen LogP contribution in [0.3, 0.4) is 0 Å². The summed E-state index contributed by atoms with van der Waals surface area (Å²) in [7, 11) is 0. The molecule has 0 aliphatic carbocycles. The highest BCUT2D eigenvalue weighted by molar-refractivity contribution is 9.10. The van der Waals surface area contributed by atoms with Gasteiger partial charge >= 0.3 is 0 Å². The molecular formula is C13H20BrNO. The van der Waals surface area contributed by atoms with Crippen LogP contribution in [0.1, 0.15) is 32.4 Å². The Morgan fingerprint density at radius 2 is 1.81 bits per heavy atom. The van der Waals surface area contributed by atoms with Crippen molar-refractivity contribution in [3.63, 3.8) is 0 Å². The van der Waals surface area contributed by atoms with Crippen molar-refractivity contribution in [2.75, 3.05) is 13.2 Å². The van der Waals surface area contributed by atoms with Crippen molar-refractivity contribution in [1.29, 1.82) is 0 Å². The number of hydrogen-bond donors (Lipinski definition) is 1. The van der Waals surface area contributed by atoms with Crippen LogP contribution in [0, 0.1) is 0 Å². The van der Waals surface area contributed by atoms with E-state index in [0.717, 1.165) is 17.6 Å². The number of rotatable bonds is 6. The van der Waals surface area contributed by atoms with Crippen molar-refractivity contribution in [3.05, 3.63) is 34.3 Å². The average Bonchev–Trinajstić information content (AvgIpc) is 2.25. The highest BCUT2D eigenvalue weighted by Gasteiger charge is 2.03. The summed E-state index contributed by atoms with van der Waals surface area (Å²) in [5, 5.41) is 3.43. The van der Waals surface area contributed by atoms with Crippen LogP contribution >= 0.6 is 15.9 Å². The fourth-order valence-electron chi connectivity index (χ4n) is 1.44. The SMILES string of the molecule is CC(C)OCCN[C@@H](C)c1ccc(Br)cc1. The third kappa shape index (κ3) is 5.10. The number of nitrogens with one attached hydrogen (secondary N) is 1. The second-order valence-corrected chi connectivity index (χ2v) is 5.06. The third-order valence-electron chi connectivity index (χ3n) is 2.37. The minimum absolute atomic E-state index is 0.310. The van der Waals surface area contributed by atoms with Crippen LogP contribution in [-0.4, -0.2) is 19.3 Å². The molecule has 0 saturated heterocycles. The third-order valence-corrected chi connectivity index (χ3v) is 2.90. The lowest BCUT2D eigenvalue weighted by Crippen LogP contribution is -2.24. The van der Waals surface area contributed by atoms with E-state index in [1.807, 2.05) is 0 Å². The van der Waals surface area contributed by atoms with E-state index < -0.39 is 0 Å². The number of halogens is 1. The lowest BCUT2D eigenvalue weighted by Gasteiger charge is -2.15. The van der Waals surface area contributed by atoms with Crippen LogP contribution in [0.4, 0.5) is 0 Å². The van der Waals surface area contributed by atoms with Gasteiger partial charge in [0.05, 0.1) is 12.7 Å². The molecule has 3 heteroatoms. The largest absolute Gasteiger partial charge is 0.377 e. The second kappa shape index (κ2) is 7.05. The first-order chi connectivity index (χ1) is 7.59. The summed E-state index contributed by atoms with van der Waals surface area (Å²) in [6.45, 7) is 7.92. The maximum Gasteiger partial charge on any atom is 0.0594 e. The van der Waals surface area contributed by atoms with Crippen molar-refractivity contribution in [1.82, 2.24) is 5.32 Å². The van der Waals surface area contributed by atoms with Crippen molar-refractivity contribution in [2.24, 2.45) is 0 Å². The predicted octanol–water partition coefficient (Wildman–Crippen LogP) is 3.52. The van der Waals surface area contributed by atoms with Gasteiger partial charge in [-0.3, -0.25) is 0 Å². The van der Waals surface area contributed by atoms with E-state index in [4.69, 9.17) is 4.74 Å². The summed E-state index contributed by atoms with van der Waals surface area (Å²) in [5.41, 5.74) is 1.30. The highest BCUT2D eigenvalue weighted by Crippen LogP contribution is 2.16. The monoisotopic (exact) mass is 285 g/mol. The first kappa shape index (κ1) is 13.7. The van der Waals surface area contributed by atoms with Crippen molar-refractivity contribution >= 4 is 15.9 Å². The molecule has 2 nitrogen and oxygen atoms in total. The molecule has 0 aromatic heterocycles. The molecule has 0 aliphatic rings. The Labute approximate surface area is 107 Å². The van der Waals surface area contributed by atoms with Gasteiger partial charge in [-0.2, -0.15) is 0 Å². The fraction of sp³-hybridized carbons (Fsp3) is 0.538. The van der Waals surface area contributed by atoms with Gasteiger partial charge in [-0.25, -0.2) is 0 Å². The number of ether oxygens (including phenoxy) is 1. The van der Waals surface area contributed by atoms with Gasteiger partial charge in [0.15, 0.2) is 0 Å². The zero-order chi connectivity index (χ0) is 12.0. The van der Waals surface area contributed by atoms with Crippen LogP contribution in [0.25, 0.3) is 0 Å². The van der Waals surface area contributed by atoms with Gasteiger partial charge in [0.1, 0.15) is 0 Å². The molecule has 0 saturated carbocycles. The lowest BCUT2D eigenvalue weighted by molar-refractivity contribution is 0.0796. The molecule has 1 aromatic rings. The smallest absolute Gasteiger partial charge is 0.0594 e. The first-order valence-corrected chi connectivity index (χ1v) is 6.49. The molecule has 1 atom stereocenters. The number of benzene rings is 1. The summed E-state index contributed by atoms with van der Waals surface area (Å²) < 4.78 is 6.59. The molecule has 0 fully saturated rings. The Morgan fingerprint density at radius 3 is 2.38 bits per heavy atom. The molecule has 0 bridgehead atoms. The quantitative estimate of drug-likeness (QED) is 0.808. The molecule has 0 heterocycles. The summed E-state index contributed by atoms with van der Waals surface area (Å²) in [6.07, 6.45) is 0.310. The van der Waals surface area contributed by atoms with Crippen LogP contribution in [-0.2, 0) is 4.74 Å². The molecule has 1 N–H and O–H groups in total. The summed E-state index contributed by atoms with van der Waals surface area (Å²) in [6, 6.07) is 8.76. The van der Waals surface area contributed by atoms with Gasteiger partial charge in [-0.15, -0.1) is 0 Å². The van der Waals surface area contributed by atoms with Crippen molar-refractivity contribution < 1.29 is 4.74 Å². The molecule has 0 spiro atoms. The topological polar surface area (TPSA) is 21.3 Å². The maximum absolute atomic E-state index is 5.48. The van der Waals surface area contributed by atoms with Gasteiger partial charge in [0.2, 0.25) is 0 Å². The Balaban J connectivity index is 2.29. The lowest BCUT2D eigenvalue weighted by atomic mass is 10.1. The minimum atomic E-state index is 0.310. The summed E-state index contributed by atoms with van der Waals surface area (Å²) in [5.74, 6) is 0. The van der Waals surface area contributed by atoms with E-state index in [-0.39, 0.29) is 0 Å². The van der Waals surface area contributed by atoms with E-state index in [1.165, 1.54) is 5.56 Å². The summed E-state index contributed by atoms with van der Waals surface area (Å²) >= 11 is 3.43. The highest BCUT2D eigenvalue weighted by atomic mass is 79.9. The normalized spacial score (nSPS) is 13.1. The first-order valence-electron chi connectivity index (χ1n) is 5.70. The predicted molar refractivity (Wildman–Crippen MR) is 71.6 cm³/mol. The molecular weight excluding hydrogens is 266 g/mol. The molecule has 0 unspecified atom stereocenters. The van der Waals surface area contributed by atoms with E-state index in [1.54, 1.807) is 0 Å². The van der Waals surface area contributed by atoms with Crippen molar-refractivity contribution in [3.8, 4) is 0 Å². The molecule has 90 valence electrons. The van der Waals surface area contributed by atoms with Gasteiger partial charge in [-0.05, 0) is 38.5 Å². The van der Waals surface area contributed by atoms with Gasteiger partial charge in [-0.1, -0.05) is 28.1 Å². The van der Waals surface area contributed by atoms with Crippen molar-refractivity contribution in [2.45, 2.75) is 32.9 Å². The Morgan fingerprint density at radius 1 is 1.19 bits per heavy atom. The van der Waals surface area contributed by atoms with Crippen LogP contribution in [0.5, 0.6) is 0 Å².